The van der Waals surface area contributed by atoms with Gasteiger partial charge in [-0.3, -0.25) is 0 Å². The van der Waals surface area contributed by atoms with Crippen LogP contribution in [0.25, 0.3) is 0 Å². The average Bonchev–Trinajstić information content (AvgIpc) is 3.03. The van der Waals surface area contributed by atoms with Crippen LogP contribution in [-0.2, 0) is 4.74 Å². The quantitative estimate of drug-likeness (QED) is 0.441. The van der Waals surface area contributed by atoms with Gasteiger partial charge in [0.05, 0.1) is 12.7 Å². The molecule has 2 N–H and O–H groups in total. The lowest BCUT2D eigenvalue weighted by atomic mass is 10.3. The maximum absolute atomic E-state index is 11.8. The highest BCUT2D eigenvalue weighted by Crippen LogP contribution is 2.28. The fourth-order valence-electron chi connectivity index (χ4n) is 2.37. The maximum Gasteiger partial charge on any atom is 0.340 e. The first-order valence-electron chi connectivity index (χ1n) is 8.15. The van der Waals surface area contributed by atoms with Gasteiger partial charge in [-0.05, 0) is 61.6 Å². The number of hydrogen-bond donors (Lipinski definition) is 2. The van der Waals surface area contributed by atoms with Crippen molar-refractivity contribution >= 4 is 45.3 Å². The first-order chi connectivity index (χ1) is 13.0. The summed E-state index contributed by atoms with van der Waals surface area (Å²) in [6.07, 6.45) is 0. The molecule has 1 aromatic heterocycles. The molecule has 0 radical (unpaired) electrons. The second kappa shape index (κ2) is 8.66. The SMILES string of the molecule is COC(=O)c1cc(C)sc1NC(=S)Nc1ccc(Oc2ccccc2)cc1. The lowest BCUT2D eigenvalue weighted by Gasteiger charge is -2.11. The topological polar surface area (TPSA) is 59.6 Å². The molecule has 0 saturated carbocycles. The number of carbonyl (C=O) groups is 1. The van der Waals surface area contributed by atoms with Crippen LogP contribution in [0.4, 0.5) is 10.7 Å². The van der Waals surface area contributed by atoms with Gasteiger partial charge in [0.2, 0.25) is 0 Å². The Bertz CT molecular complexity index is 938. The van der Waals surface area contributed by atoms with Crippen molar-refractivity contribution in [2.75, 3.05) is 17.7 Å². The molecule has 0 atom stereocenters. The Morgan fingerprint density at radius 1 is 1.00 bits per heavy atom. The number of esters is 1. The number of rotatable bonds is 5. The van der Waals surface area contributed by atoms with E-state index in [-0.39, 0.29) is 0 Å². The molecule has 2 aromatic carbocycles. The molecule has 0 amide bonds. The van der Waals surface area contributed by atoms with Crippen molar-refractivity contribution < 1.29 is 14.3 Å². The van der Waals surface area contributed by atoms with Crippen molar-refractivity contribution in [1.82, 2.24) is 0 Å². The Kier molecular flexibility index (Phi) is 6.05. The van der Waals surface area contributed by atoms with Crippen LogP contribution in [-0.4, -0.2) is 18.2 Å². The molecule has 5 nitrogen and oxygen atoms in total. The van der Waals surface area contributed by atoms with E-state index >= 15 is 0 Å². The molecule has 3 aromatic rings. The number of thiocarbonyl (C=S) groups is 1. The zero-order valence-corrected chi connectivity index (χ0v) is 16.4. The largest absolute Gasteiger partial charge is 0.465 e. The van der Waals surface area contributed by atoms with E-state index in [1.165, 1.54) is 18.4 Å². The summed E-state index contributed by atoms with van der Waals surface area (Å²) < 4.78 is 10.6. The van der Waals surface area contributed by atoms with Crippen LogP contribution in [0.15, 0.2) is 60.7 Å². The molecule has 0 aliphatic carbocycles. The minimum Gasteiger partial charge on any atom is -0.465 e. The van der Waals surface area contributed by atoms with Gasteiger partial charge in [0.25, 0.3) is 0 Å². The van der Waals surface area contributed by atoms with E-state index in [9.17, 15) is 4.79 Å². The fraction of sp³-hybridized carbons (Fsp3) is 0.100. The minimum absolute atomic E-state index is 0.388. The number of thiophene rings is 1. The molecule has 0 aliphatic heterocycles. The van der Waals surface area contributed by atoms with E-state index < -0.39 is 5.97 Å². The van der Waals surface area contributed by atoms with Crippen LogP contribution in [0.1, 0.15) is 15.2 Å². The molecular formula is C20H18N2O3S2. The predicted octanol–water partition coefficient (Wildman–Crippen LogP) is 5.44. The van der Waals surface area contributed by atoms with Gasteiger partial charge in [-0.15, -0.1) is 11.3 Å². The van der Waals surface area contributed by atoms with Gasteiger partial charge in [-0.2, -0.15) is 0 Å². The Morgan fingerprint density at radius 2 is 1.67 bits per heavy atom. The lowest BCUT2D eigenvalue weighted by molar-refractivity contribution is 0.0602. The zero-order chi connectivity index (χ0) is 19.2. The number of carbonyl (C=O) groups excluding carboxylic acids is 1. The van der Waals surface area contributed by atoms with Gasteiger partial charge in [-0.25, -0.2) is 4.79 Å². The van der Waals surface area contributed by atoms with Gasteiger partial charge >= 0.3 is 5.97 Å². The second-order valence-corrected chi connectivity index (χ2v) is 7.27. The Labute approximate surface area is 166 Å². The van der Waals surface area contributed by atoms with Crippen LogP contribution in [0.2, 0.25) is 0 Å². The van der Waals surface area contributed by atoms with Gasteiger partial charge in [0.1, 0.15) is 16.5 Å². The number of benzene rings is 2. The van der Waals surface area contributed by atoms with Crippen molar-refractivity contribution in [2.24, 2.45) is 0 Å². The van der Waals surface area contributed by atoms with Crippen LogP contribution in [0.5, 0.6) is 11.5 Å². The number of para-hydroxylation sites is 1. The molecule has 27 heavy (non-hydrogen) atoms. The highest BCUT2D eigenvalue weighted by Gasteiger charge is 2.16. The average molecular weight is 399 g/mol. The summed E-state index contributed by atoms with van der Waals surface area (Å²) in [5, 5.41) is 7.19. The summed E-state index contributed by atoms with van der Waals surface area (Å²) in [4.78, 5) is 12.8. The second-order valence-electron chi connectivity index (χ2n) is 5.61. The van der Waals surface area contributed by atoms with E-state index in [2.05, 4.69) is 10.6 Å². The molecule has 0 spiro atoms. The zero-order valence-electron chi connectivity index (χ0n) is 14.8. The van der Waals surface area contributed by atoms with Crippen molar-refractivity contribution in [2.45, 2.75) is 6.92 Å². The summed E-state index contributed by atoms with van der Waals surface area (Å²) >= 11 is 6.79. The molecule has 0 bridgehead atoms. The number of hydrogen-bond acceptors (Lipinski definition) is 5. The molecule has 3 rings (SSSR count). The molecule has 7 heteroatoms. The lowest BCUT2D eigenvalue weighted by Crippen LogP contribution is -2.19. The third-order valence-corrected chi connectivity index (χ3v) is 4.75. The maximum atomic E-state index is 11.8. The first kappa shape index (κ1) is 18.9. The summed E-state index contributed by atoms with van der Waals surface area (Å²) in [7, 11) is 1.36. The van der Waals surface area contributed by atoms with E-state index in [0.29, 0.717) is 15.7 Å². The highest BCUT2D eigenvalue weighted by atomic mass is 32.1. The third-order valence-electron chi connectivity index (χ3n) is 3.58. The van der Waals surface area contributed by atoms with Gasteiger partial charge in [-0.1, -0.05) is 18.2 Å². The summed E-state index contributed by atoms with van der Waals surface area (Å²) in [6, 6.07) is 18.8. The van der Waals surface area contributed by atoms with Crippen LogP contribution < -0.4 is 15.4 Å². The molecule has 0 unspecified atom stereocenters. The fourth-order valence-corrected chi connectivity index (χ4v) is 3.55. The van der Waals surface area contributed by atoms with Crippen LogP contribution in [0, 0.1) is 6.92 Å². The van der Waals surface area contributed by atoms with Gasteiger partial charge < -0.3 is 20.1 Å². The van der Waals surface area contributed by atoms with Gasteiger partial charge in [0, 0.05) is 10.6 Å². The highest BCUT2D eigenvalue weighted by molar-refractivity contribution is 7.80. The molecule has 1 heterocycles. The van der Waals surface area contributed by atoms with Crippen LogP contribution >= 0.6 is 23.6 Å². The van der Waals surface area contributed by atoms with Crippen molar-refractivity contribution in [3.63, 3.8) is 0 Å². The van der Waals surface area contributed by atoms with Crippen molar-refractivity contribution in [3.05, 3.63) is 71.1 Å². The Morgan fingerprint density at radius 3 is 2.33 bits per heavy atom. The van der Waals surface area contributed by atoms with Crippen molar-refractivity contribution in [1.29, 1.82) is 0 Å². The summed E-state index contributed by atoms with van der Waals surface area (Å²) in [5.74, 6) is 1.11. The standard InChI is InChI=1S/C20H18N2O3S2/c1-13-12-17(19(23)24-2)18(27-13)22-20(26)21-14-8-10-16(11-9-14)25-15-6-4-3-5-7-15/h3-12H,1-2H3,(H2,21,22,26). The predicted molar refractivity (Wildman–Crippen MR) is 113 cm³/mol. The smallest absolute Gasteiger partial charge is 0.340 e. The minimum atomic E-state index is -0.396. The number of ether oxygens (including phenoxy) is 2. The Balaban J connectivity index is 1.62. The molecule has 0 fully saturated rings. The normalized spacial score (nSPS) is 10.1. The summed E-state index contributed by atoms with van der Waals surface area (Å²) in [6.45, 7) is 1.92. The van der Waals surface area contributed by atoms with E-state index in [4.69, 9.17) is 21.7 Å². The van der Waals surface area contributed by atoms with Crippen LogP contribution in [0.3, 0.4) is 0 Å². The molecular weight excluding hydrogens is 380 g/mol. The van der Waals surface area contributed by atoms with E-state index in [0.717, 1.165) is 22.1 Å². The first-order valence-corrected chi connectivity index (χ1v) is 9.37. The monoisotopic (exact) mass is 398 g/mol. The number of anilines is 2. The Hall–Kier alpha value is -2.90. The molecule has 138 valence electrons. The van der Waals surface area contributed by atoms with E-state index in [1.807, 2.05) is 61.5 Å². The third kappa shape index (κ3) is 5.06. The molecule has 0 saturated heterocycles. The summed E-state index contributed by atoms with van der Waals surface area (Å²) in [5.41, 5.74) is 1.27. The number of nitrogens with one attached hydrogen (secondary N) is 2. The molecule has 0 aliphatic rings. The van der Waals surface area contributed by atoms with Gasteiger partial charge in [0.15, 0.2) is 5.11 Å². The number of aryl methyl sites for hydroxylation is 1. The van der Waals surface area contributed by atoms with E-state index in [1.54, 1.807) is 6.07 Å². The number of methoxy groups -OCH3 is 1. The van der Waals surface area contributed by atoms with Crippen molar-refractivity contribution in [3.8, 4) is 11.5 Å².